The number of nitrogens with zero attached hydrogens (tertiary/aromatic N) is 5. The maximum absolute atomic E-state index is 15.5. The second kappa shape index (κ2) is 9.83. The molecule has 2 aromatic carbocycles. The van der Waals surface area contributed by atoms with Crippen LogP contribution in [0.5, 0.6) is 0 Å². The van der Waals surface area contributed by atoms with Gasteiger partial charge < -0.3 is 9.80 Å². The number of rotatable bonds is 3. The van der Waals surface area contributed by atoms with Crippen LogP contribution in [0.1, 0.15) is 34.4 Å². The maximum atomic E-state index is 15.5. The van der Waals surface area contributed by atoms with E-state index in [0.29, 0.717) is 12.2 Å². The van der Waals surface area contributed by atoms with Crippen molar-refractivity contribution in [3.8, 4) is 0 Å². The lowest BCUT2D eigenvalue weighted by atomic mass is 9.95. The summed E-state index contributed by atoms with van der Waals surface area (Å²) < 4.78 is 56.4. The molecule has 0 N–H and O–H groups in total. The predicted molar refractivity (Wildman–Crippen MR) is 146 cm³/mol. The summed E-state index contributed by atoms with van der Waals surface area (Å²) in [6, 6.07) is 11.3. The highest BCUT2D eigenvalue weighted by Gasteiger charge is 2.49. The fraction of sp³-hybridized carbons (Fsp3) is 0.367. The van der Waals surface area contributed by atoms with E-state index in [9.17, 15) is 22.8 Å². The fourth-order valence-corrected chi connectivity index (χ4v) is 6.34. The van der Waals surface area contributed by atoms with Crippen LogP contribution in [-0.2, 0) is 35.4 Å². The SMILES string of the molecule is Cc1cc(C(F)(F)F)cc(N2C(=O)C[C@@H]3CN(Cc4ccc5c(c4)CN(C)C5)c4c(F)cccc4N(C)C(=O)[C@H]32)n1. The number of para-hydroxylation sites is 1. The van der Waals surface area contributed by atoms with Crippen molar-refractivity contribution in [2.45, 2.75) is 45.2 Å². The van der Waals surface area contributed by atoms with Crippen LogP contribution < -0.4 is 14.7 Å². The summed E-state index contributed by atoms with van der Waals surface area (Å²) in [4.78, 5) is 38.0. The number of aromatic nitrogens is 1. The second-order valence-electron chi connectivity index (χ2n) is 11.2. The molecular weight excluding hydrogens is 538 g/mol. The molecule has 1 aromatic heterocycles. The van der Waals surface area contributed by atoms with Gasteiger partial charge in [0.1, 0.15) is 17.7 Å². The van der Waals surface area contributed by atoms with Gasteiger partial charge in [0, 0.05) is 51.3 Å². The number of alkyl halides is 3. The lowest BCUT2D eigenvalue weighted by Crippen LogP contribution is -2.52. The quantitative estimate of drug-likeness (QED) is 0.422. The number of hydrogen-bond acceptors (Lipinski definition) is 5. The number of aryl methyl sites for hydroxylation is 1. The van der Waals surface area contributed by atoms with Gasteiger partial charge in [-0.25, -0.2) is 9.37 Å². The van der Waals surface area contributed by atoms with E-state index < -0.39 is 41.3 Å². The van der Waals surface area contributed by atoms with Crippen LogP contribution >= 0.6 is 0 Å². The van der Waals surface area contributed by atoms with Crippen LogP contribution in [0.4, 0.5) is 34.8 Å². The third kappa shape index (κ3) is 4.81. The molecule has 0 saturated carbocycles. The minimum Gasteiger partial charge on any atom is -0.363 e. The summed E-state index contributed by atoms with van der Waals surface area (Å²) in [6.07, 6.45) is -4.74. The molecule has 4 heterocycles. The molecule has 2 amide bonds. The molecule has 214 valence electrons. The molecule has 2 atom stereocenters. The Balaban J connectivity index is 1.42. The number of anilines is 3. The van der Waals surface area contributed by atoms with Crippen LogP contribution in [0.2, 0.25) is 0 Å². The van der Waals surface area contributed by atoms with Crippen LogP contribution in [0.3, 0.4) is 0 Å². The van der Waals surface area contributed by atoms with E-state index in [0.717, 1.165) is 35.7 Å². The summed E-state index contributed by atoms with van der Waals surface area (Å²) in [5, 5.41) is 0. The van der Waals surface area contributed by atoms with E-state index >= 15 is 4.39 Å². The highest BCUT2D eigenvalue weighted by atomic mass is 19.4. The number of amides is 2. The summed E-state index contributed by atoms with van der Waals surface area (Å²) >= 11 is 0. The normalized spacial score (nSPS) is 21.1. The van der Waals surface area contributed by atoms with E-state index in [1.165, 1.54) is 42.1 Å². The Bertz CT molecular complexity index is 1560. The van der Waals surface area contributed by atoms with Gasteiger partial charge in [0.25, 0.3) is 0 Å². The highest BCUT2D eigenvalue weighted by molar-refractivity contribution is 6.10. The molecule has 1 fully saturated rings. The smallest absolute Gasteiger partial charge is 0.363 e. The van der Waals surface area contributed by atoms with Gasteiger partial charge >= 0.3 is 6.18 Å². The monoisotopic (exact) mass is 567 g/mol. The van der Waals surface area contributed by atoms with Crippen molar-refractivity contribution in [3.63, 3.8) is 0 Å². The maximum Gasteiger partial charge on any atom is 0.416 e. The Morgan fingerprint density at radius 3 is 2.51 bits per heavy atom. The Kier molecular flexibility index (Phi) is 6.52. The fourth-order valence-electron chi connectivity index (χ4n) is 6.34. The number of likely N-dealkylation sites (N-methyl/N-ethyl adjacent to an activating group) is 1. The molecule has 0 radical (unpaired) electrons. The minimum absolute atomic E-state index is 0.0778. The van der Waals surface area contributed by atoms with Gasteiger partial charge in [-0.05, 0) is 54.9 Å². The van der Waals surface area contributed by atoms with E-state index in [2.05, 4.69) is 22.0 Å². The number of carbonyl (C=O) groups is 2. The average molecular weight is 568 g/mol. The lowest BCUT2D eigenvalue weighted by Gasteiger charge is -2.39. The molecule has 3 aromatic rings. The number of carbonyl (C=O) groups excluding carboxylic acids is 2. The molecular formula is C30H29F4N5O2. The van der Waals surface area contributed by atoms with Crippen LogP contribution in [0, 0.1) is 18.7 Å². The average Bonchev–Trinajstić information content (AvgIpc) is 3.43. The first-order valence-electron chi connectivity index (χ1n) is 13.4. The topological polar surface area (TPSA) is 60.0 Å². The van der Waals surface area contributed by atoms with Crippen molar-refractivity contribution in [2.24, 2.45) is 5.92 Å². The van der Waals surface area contributed by atoms with Crippen molar-refractivity contribution in [1.29, 1.82) is 0 Å². The predicted octanol–water partition coefficient (Wildman–Crippen LogP) is 4.90. The third-order valence-electron chi connectivity index (χ3n) is 8.15. The Morgan fingerprint density at radius 2 is 1.76 bits per heavy atom. The summed E-state index contributed by atoms with van der Waals surface area (Å²) in [5.41, 5.74) is 3.09. The highest BCUT2D eigenvalue weighted by Crippen LogP contribution is 2.42. The van der Waals surface area contributed by atoms with Gasteiger partial charge in [-0.3, -0.25) is 19.4 Å². The molecule has 0 bridgehead atoms. The van der Waals surface area contributed by atoms with Gasteiger partial charge in [-0.1, -0.05) is 24.3 Å². The van der Waals surface area contributed by atoms with Crippen molar-refractivity contribution in [3.05, 3.63) is 82.3 Å². The molecule has 0 spiro atoms. The summed E-state index contributed by atoms with van der Waals surface area (Å²) in [7, 11) is 3.54. The zero-order valence-electron chi connectivity index (χ0n) is 22.9. The van der Waals surface area contributed by atoms with Gasteiger partial charge in [-0.15, -0.1) is 0 Å². The standard InChI is InChI=1S/C30H29F4N5O2/c1-17-9-22(30(32,33)34)12-25(35-17)39-26(40)11-21-16-38(13-18-7-8-19-14-36(2)15-20(19)10-18)28-23(31)5-4-6-24(28)37(3)29(41)27(21)39/h4-10,12,21,27H,11,13-16H2,1-3H3/t21-,27+/m1/s1. The van der Waals surface area contributed by atoms with Crippen molar-refractivity contribution in [2.75, 3.05) is 35.3 Å². The van der Waals surface area contributed by atoms with Crippen LogP contribution in [0.25, 0.3) is 0 Å². The van der Waals surface area contributed by atoms with E-state index in [-0.39, 0.29) is 30.2 Å². The van der Waals surface area contributed by atoms with E-state index in [1.807, 2.05) is 18.0 Å². The molecule has 6 rings (SSSR count). The van der Waals surface area contributed by atoms with Crippen molar-refractivity contribution >= 4 is 29.0 Å². The number of benzene rings is 2. The number of fused-ring (bicyclic) bond motifs is 3. The minimum atomic E-state index is -4.65. The van der Waals surface area contributed by atoms with Crippen LogP contribution in [0.15, 0.2) is 48.5 Å². The van der Waals surface area contributed by atoms with Gasteiger partial charge in [0.2, 0.25) is 11.8 Å². The summed E-state index contributed by atoms with van der Waals surface area (Å²) in [6.45, 7) is 3.55. The first kappa shape index (κ1) is 27.2. The molecule has 7 nitrogen and oxygen atoms in total. The molecule has 11 heteroatoms. The largest absolute Gasteiger partial charge is 0.416 e. The zero-order chi connectivity index (χ0) is 29.2. The van der Waals surface area contributed by atoms with Crippen LogP contribution in [-0.4, -0.2) is 48.4 Å². The van der Waals surface area contributed by atoms with Gasteiger partial charge in [0.05, 0.1) is 16.9 Å². The molecule has 1 saturated heterocycles. The van der Waals surface area contributed by atoms with Gasteiger partial charge in [-0.2, -0.15) is 13.2 Å². The van der Waals surface area contributed by atoms with Crippen molar-refractivity contribution < 1.29 is 27.2 Å². The zero-order valence-corrected chi connectivity index (χ0v) is 22.9. The third-order valence-corrected chi connectivity index (χ3v) is 8.15. The number of halogens is 4. The molecule has 41 heavy (non-hydrogen) atoms. The molecule has 3 aliphatic heterocycles. The Morgan fingerprint density at radius 1 is 1.00 bits per heavy atom. The number of hydrogen-bond donors (Lipinski definition) is 0. The first-order valence-corrected chi connectivity index (χ1v) is 13.4. The molecule has 0 aliphatic carbocycles. The second-order valence-corrected chi connectivity index (χ2v) is 11.2. The van der Waals surface area contributed by atoms with E-state index in [4.69, 9.17) is 0 Å². The summed E-state index contributed by atoms with van der Waals surface area (Å²) in [5.74, 6) is -2.34. The van der Waals surface area contributed by atoms with Gasteiger partial charge in [0.15, 0.2) is 0 Å². The molecule has 0 unspecified atom stereocenters. The van der Waals surface area contributed by atoms with Crippen molar-refractivity contribution in [1.82, 2.24) is 9.88 Å². The number of pyridine rings is 1. The Labute approximate surface area is 235 Å². The Hall–Kier alpha value is -3.99. The first-order chi connectivity index (χ1) is 19.4. The van der Waals surface area contributed by atoms with E-state index in [1.54, 1.807) is 6.07 Å². The lowest BCUT2D eigenvalue weighted by molar-refractivity contribution is -0.137. The molecule has 3 aliphatic rings.